The number of nitrogens with zero attached hydrogens (tertiary/aromatic N) is 3. The SMILES string of the molecule is c1ccc(-c2nc3ccccc3c3cc4ccccn4c23)nc1. The van der Waals surface area contributed by atoms with Crippen molar-refractivity contribution < 1.29 is 0 Å². The van der Waals surface area contributed by atoms with E-state index in [1.54, 1.807) is 0 Å². The topological polar surface area (TPSA) is 30.2 Å². The monoisotopic (exact) mass is 295 g/mol. The standard InChI is InChI=1S/C20H13N3/c1-2-9-17-15(8-1)16-13-14-7-4-6-12-23(14)20(16)19(22-17)18-10-3-5-11-21-18/h1-13H. The summed E-state index contributed by atoms with van der Waals surface area (Å²) >= 11 is 0. The molecule has 0 saturated heterocycles. The van der Waals surface area contributed by atoms with E-state index in [-0.39, 0.29) is 0 Å². The molecule has 3 heteroatoms. The molecule has 0 spiro atoms. The summed E-state index contributed by atoms with van der Waals surface area (Å²) < 4.78 is 2.19. The van der Waals surface area contributed by atoms with E-state index in [4.69, 9.17) is 4.98 Å². The molecule has 1 aromatic carbocycles. The zero-order valence-electron chi connectivity index (χ0n) is 12.3. The van der Waals surface area contributed by atoms with Crippen molar-refractivity contribution >= 4 is 27.3 Å². The molecule has 0 atom stereocenters. The van der Waals surface area contributed by atoms with Crippen molar-refractivity contribution in [2.45, 2.75) is 0 Å². The highest BCUT2D eigenvalue weighted by molar-refractivity contribution is 6.11. The summed E-state index contributed by atoms with van der Waals surface area (Å²) in [5.41, 5.74) is 5.09. The number of para-hydroxylation sites is 1. The minimum Gasteiger partial charge on any atom is -0.314 e. The summed E-state index contributed by atoms with van der Waals surface area (Å²) in [7, 11) is 0. The molecule has 23 heavy (non-hydrogen) atoms. The number of aromatic nitrogens is 3. The van der Waals surface area contributed by atoms with Gasteiger partial charge in [-0.05, 0) is 36.4 Å². The summed E-state index contributed by atoms with van der Waals surface area (Å²) in [6.07, 6.45) is 3.90. The smallest absolute Gasteiger partial charge is 0.114 e. The lowest BCUT2D eigenvalue weighted by molar-refractivity contribution is 1.22. The molecule has 5 aromatic rings. The number of hydrogen-bond donors (Lipinski definition) is 0. The molecular formula is C20H13N3. The van der Waals surface area contributed by atoms with Crippen molar-refractivity contribution in [2.75, 3.05) is 0 Å². The average molecular weight is 295 g/mol. The Bertz CT molecular complexity index is 1160. The van der Waals surface area contributed by atoms with Gasteiger partial charge < -0.3 is 4.40 Å². The Hall–Kier alpha value is -3.20. The Morgan fingerprint density at radius 1 is 0.783 bits per heavy atom. The second-order valence-electron chi connectivity index (χ2n) is 5.59. The molecule has 0 aliphatic heterocycles. The van der Waals surface area contributed by atoms with Crippen LogP contribution in [0.3, 0.4) is 0 Å². The normalized spacial score (nSPS) is 11.5. The van der Waals surface area contributed by atoms with E-state index in [1.165, 1.54) is 10.8 Å². The van der Waals surface area contributed by atoms with Gasteiger partial charge in [0.25, 0.3) is 0 Å². The predicted octanol–water partition coefficient (Wildman–Crippen LogP) is 4.70. The highest BCUT2D eigenvalue weighted by Gasteiger charge is 2.14. The van der Waals surface area contributed by atoms with Crippen molar-refractivity contribution in [1.82, 2.24) is 14.4 Å². The molecule has 0 bridgehead atoms. The second kappa shape index (κ2) is 4.65. The Labute approximate surface area is 132 Å². The Kier molecular flexibility index (Phi) is 2.50. The summed E-state index contributed by atoms with van der Waals surface area (Å²) in [5.74, 6) is 0. The van der Waals surface area contributed by atoms with Gasteiger partial charge in [-0.3, -0.25) is 4.98 Å². The van der Waals surface area contributed by atoms with E-state index < -0.39 is 0 Å². The van der Waals surface area contributed by atoms with E-state index in [0.717, 1.165) is 27.9 Å². The minimum atomic E-state index is 0.895. The largest absolute Gasteiger partial charge is 0.314 e. The maximum atomic E-state index is 4.91. The van der Waals surface area contributed by atoms with Gasteiger partial charge in [-0.1, -0.05) is 30.3 Å². The first-order chi connectivity index (χ1) is 11.4. The quantitative estimate of drug-likeness (QED) is 0.448. The molecule has 108 valence electrons. The Morgan fingerprint density at radius 2 is 1.65 bits per heavy atom. The molecule has 0 N–H and O–H groups in total. The molecule has 0 unspecified atom stereocenters. The maximum Gasteiger partial charge on any atom is 0.114 e. The molecule has 0 amide bonds. The van der Waals surface area contributed by atoms with E-state index in [2.05, 4.69) is 52.0 Å². The summed E-state index contributed by atoms with van der Waals surface area (Å²) in [4.78, 5) is 9.43. The molecule has 4 heterocycles. The van der Waals surface area contributed by atoms with Crippen LogP contribution in [-0.2, 0) is 0 Å². The Balaban J connectivity index is 2.06. The van der Waals surface area contributed by atoms with Gasteiger partial charge in [-0.15, -0.1) is 0 Å². The van der Waals surface area contributed by atoms with Crippen LogP contribution in [0.1, 0.15) is 0 Å². The van der Waals surface area contributed by atoms with Crippen LogP contribution in [0, 0.1) is 0 Å². The van der Waals surface area contributed by atoms with Gasteiger partial charge in [0.1, 0.15) is 5.69 Å². The van der Waals surface area contributed by atoms with Crippen molar-refractivity contribution in [3.8, 4) is 11.4 Å². The maximum absolute atomic E-state index is 4.91. The van der Waals surface area contributed by atoms with Gasteiger partial charge in [-0.2, -0.15) is 0 Å². The fraction of sp³-hybridized carbons (Fsp3) is 0. The van der Waals surface area contributed by atoms with Crippen molar-refractivity contribution in [1.29, 1.82) is 0 Å². The zero-order chi connectivity index (χ0) is 15.2. The fourth-order valence-corrected chi connectivity index (χ4v) is 3.22. The van der Waals surface area contributed by atoms with Crippen LogP contribution in [0.2, 0.25) is 0 Å². The first kappa shape index (κ1) is 12.4. The van der Waals surface area contributed by atoms with Gasteiger partial charge >= 0.3 is 0 Å². The van der Waals surface area contributed by atoms with Gasteiger partial charge in [-0.25, -0.2) is 4.98 Å². The molecular weight excluding hydrogens is 282 g/mol. The van der Waals surface area contributed by atoms with Crippen LogP contribution in [0.4, 0.5) is 0 Å². The van der Waals surface area contributed by atoms with E-state index in [9.17, 15) is 0 Å². The van der Waals surface area contributed by atoms with Gasteiger partial charge in [0.05, 0.1) is 16.7 Å². The van der Waals surface area contributed by atoms with Crippen LogP contribution in [0.25, 0.3) is 38.7 Å². The molecule has 0 fully saturated rings. The van der Waals surface area contributed by atoms with E-state index in [0.29, 0.717) is 0 Å². The zero-order valence-corrected chi connectivity index (χ0v) is 12.3. The first-order valence-corrected chi connectivity index (χ1v) is 7.62. The van der Waals surface area contributed by atoms with E-state index in [1.807, 2.05) is 36.5 Å². The summed E-state index contributed by atoms with van der Waals surface area (Å²) in [6.45, 7) is 0. The van der Waals surface area contributed by atoms with Crippen LogP contribution in [0.5, 0.6) is 0 Å². The number of rotatable bonds is 1. The van der Waals surface area contributed by atoms with Crippen molar-refractivity contribution in [3.05, 3.63) is 79.1 Å². The van der Waals surface area contributed by atoms with Gasteiger partial charge in [0.2, 0.25) is 0 Å². The molecule has 0 aliphatic rings. The molecule has 0 aliphatic carbocycles. The van der Waals surface area contributed by atoms with Crippen LogP contribution < -0.4 is 0 Å². The lowest BCUT2D eigenvalue weighted by Gasteiger charge is -2.07. The number of benzene rings is 1. The second-order valence-corrected chi connectivity index (χ2v) is 5.59. The van der Waals surface area contributed by atoms with Crippen LogP contribution in [-0.4, -0.2) is 14.4 Å². The lowest BCUT2D eigenvalue weighted by atomic mass is 10.1. The Morgan fingerprint density at radius 3 is 2.57 bits per heavy atom. The number of fused-ring (bicyclic) bond motifs is 5. The highest BCUT2D eigenvalue weighted by Crippen LogP contribution is 2.33. The van der Waals surface area contributed by atoms with Gasteiger partial charge in [0, 0.05) is 28.7 Å². The molecule has 0 saturated carbocycles. The number of hydrogen-bond acceptors (Lipinski definition) is 2. The molecule has 5 rings (SSSR count). The third-order valence-corrected chi connectivity index (χ3v) is 4.24. The van der Waals surface area contributed by atoms with Crippen LogP contribution in [0.15, 0.2) is 79.1 Å². The lowest BCUT2D eigenvalue weighted by Crippen LogP contribution is -1.93. The first-order valence-electron chi connectivity index (χ1n) is 7.62. The number of pyridine rings is 3. The van der Waals surface area contributed by atoms with Crippen LogP contribution >= 0.6 is 0 Å². The summed E-state index contributed by atoms with van der Waals surface area (Å²) in [5, 5.41) is 2.38. The minimum absolute atomic E-state index is 0.895. The highest BCUT2D eigenvalue weighted by atomic mass is 14.9. The third kappa shape index (κ3) is 1.77. The predicted molar refractivity (Wildman–Crippen MR) is 93.4 cm³/mol. The molecule has 3 nitrogen and oxygen atoms in total. The summed E-state index contributed by atoms with van der Waals surface area (Å²) in [6, 6.07) is 22.7. The van der Waals surface area contributed by atoms with Crippen molar-refractivity contribution in [3.63, 3.8) is 0 Å². The average Bonchev–Trinajstić information content (AvgIpc) is 3.02. The van der Waals surface area contributed by atoms with Gasteiger partial charge in [0.15, 0.2) is 0 Å². The molecule has 0 radical (unpaired) electrons. The third-order valence-electron chi connectivity index (χ3n) is 4.24. The van der Waals surface area contributed by atoms with E-state index >= 15 is 0 Å². The van der Waals surface area contributed by atoms with Crippen molar-refractivity contribution in [2.24, 2.45) is 0 Å². The fourth-order valence-electron chi connectivity index (χ4n) is 3.22. The molecule has 4 aromatic heterocycles.